The molecule has 0 saturated carbocycles. The molecule has 0 bridgehead atoms. The molecule has 2 aromatic rings. The van der Waals surface area contributed by atoms with Crippen LogP contribution in [0.4, 0.5) is 0 Å². The van der Waals surface area contributed by atoms with Gasteiger partial charge < -0.3 is 4.57 Å². The lowest BCUT2D eigenvalue weighted by Crippen LogP contribution is -2.23. The summed E-state index contributed by atoms with van der Waals surface area (Å²) in [5, 5.41) is 8.78. The van der Waals surface area contributed by atoms with Crippen LogP contribution in [0.1, 0.15) is 28.8 Å². The van der Waals surface area contributed by atoms with E-state index < -0.39 is 0 Å². The molecule has 3 heteroatoms. The van der Waals surface area contributed by atoms with Gasteiger partial charge in [0.25, 0.3) is 5.56 Å². The van der Waals surface area contributed by atoms with Gasteiger partial charge in [0.05, 0.1) is 18.2 Å². The van der Waals surface area contributed by atoms with E-state index in [-0.39, 0.29) is 5.56 Å². The van der Waals surface area contributed by atoms with Crippen molar-refractivity contribution in [3.8, 4) is 6.07 Å². The van der Waals surface area contributed by atoms with Crippen LogP contribution >= 0.6 is 0 Å². The van der Waals surface area contributed by atoms with Crippen LogP contribution in [-0.4, -0.2) is 4.57 Å². The van der Waals surface area contributed by atoms with E-state index >= 15 is 0 Å². The van der Waals surface area contributed by atoms with Gasteiger partial charge in [-0.15, -0.1) is 0 Å². The van der Waals surface area contributed by atoms with Crippen molar-refractivity contribution in [2.24, 2.45) is 0 Å². The highest BCUT2D eigenvalue weighted by Crippen LogP contribution is 2.20. The highest BCUT2D eigenvalue weighted by atomic mass is 16.1. The Balaban J connectivity index is 1.97. The molecule has 1 aliphatic rings. The molecule has 3 nitrogen and oxygen atoms in total. The number of aryl methyl sites for hydroxylation is 1. The van der Waals surface area contributed by atoms with E-state index in [4.69, 9.17) is 5.26 Å². The molecule has 1 aromatic carbocycles. The molecule has 1 heterocycles. The predicted octanol–water partition coefficient (Wildman–Crippen LogP) is 2.26. The highest BCUT2D eigenvalue weighted by molar-refractivity contribution is 5.32. The molecular formula is C16H14N2O. The van der Waals surface area contributed by atoms with Crippen LogP contribution in [0.3, 0.4) is 0 Å². The Morgan fingerprint density at radius 3 is 2.63 bits per heavy atom. The molecule has 0 radical (unpaired) electrons. The quantitative estimate of drug-likeness (QED) is 0.820. The maximum absolute atomic E-state index is 12.0. The third-order valence-corrected chi connectivity index (χ3v) is 3.67. The van der Waals surface area contributed by atoms with Crippen LogP contribution in [0.15, 0.2) is 41.2 Å². The summed E-state index contributed by atoms with van der Waals surface area (Å²) < 4.78 is 1.86. The molecule has 1 aliphatic carbocycles. The highest BCUT2D eigenvalue weighted by Gasteiger charge is 2.15. The van der Waals surface area contributed by atoms with Gasteiger partial charge in [0.15, 0.2) is 0 Å². The first-order valence-electron chi connectivity index (χ1n) is 6.48. The average molecular weight is 250 g/mol. The zero-order valence-corrected chi connectivity index (χ0v) is 10.6. The summed E-state index contributed by atoms with van der Waals surface area (Å²) in [5.74, 6) is 0. The minimum absolute atomic E-state index is 0.0602. The normalized spacial score (nSPS) is 13.0. The molecule has 0 aliphatic heterocycles. The van der Waals surface area contributed by atoms with E-state index in [9.17, 15) is 4.79 Å². The first kappa shape index (κ1) is 11.7. The summed E-state index contributed by atoms with van der Waals surface area (Å²) in [5.41, 5.74) is 4.24. The number of benzene rings is 1. The van der Waals surface area contributed by atoms with E-state index in [1.807, 2.05) is 22.8 Å². The van der Waals surface area contributed by atoms with Crippen LogP contribution in [0.2, 0.25) is 0 Å². The Hall–Kier alpha value is -2.34. The van der Waals surface area contributed by atoms with Gasteiger partial charge in [0.2, 0.25) is 0 Å². The minimum Gasteiger partial charge on any atom is -0.308 e. The van der Waals surface area contributed by atoms with Crippen LogP contribution in [-0.2, 0) is 19.4 Å². The van der Waals surface area contributed by atoms with Crippen molar-refractivity contribution in [2.75, 3.05) is 0 Å². The maximum Gasteiger partial charge on any atom is 0.251 e. The second kappa shape index (κ2) is 4.74. The van der Waals surface area contributed by atoms with Crippen molar-refractivity contribution in [3.63, 3.8) is 0 Å². The Morgan fingerprint density at radius 1 is 1.11 bits per heavy atom. The van der Waals surface area contributed by atoms with E-state index in [0.29, 0.717) is 12.1 Å². The van der Waals surface area contributed by atoms with Gasteiger partial charge in [-0.1, -0.05) is 18.2 Å². The largest absolute Gasteiger partial charge is 0.308 e. The van der Waals surface area contributed by atoms with Crippen LogP contribution in [0.25, 0.3) is 0 Å². The summed E-state index contributed by atoms with van der Waals surface area (Å²) >= 11 is 0. The van der Waals surface area contributed by atoms with Crippen LogP contribution in [0, 0.1) is 11.3 Å². The number of hydrogen-bond acceptors (Lipinski definition) is 2. The van der Waals surface area contributed by atoms with Gasteiger partial charge in [-0.05, 0) is 42.5 Å². The molecule has 0 N–H and O–H groups in total. The monoisotopic (exact) mass is 250 g/mol. The van der Waals surface area contributed by atoms with Gasteiger partial charge in [-0.25, -0.2) is 0 Å². The van der Waals surface area contributed by atoms with Gasteiger partial charge in [0.1, 0.15) is 0 Å². The molecule has 0 amide bonds. The summed E-state index contributed by atoms with van der Waals surface area (Å²) in [6.07, 6.45) is 3.19. The lowest BCUT2D eigenvalue weighted by atomic mass is 10.1. The maximum atomic E-state index is 12.0. The fourth-order valence-electron chi connectivity index (χ4n) is 2.67. The number of rotatable bonds is 2. The lowest BCUT2D eigenvalue weighted by Gasteiger charge is -2.11. The standard InChI is InChI=1S/C16H14N2O/c17-10-12-4-6-13(7-5-12)11-18-15-3-1-2-14(15)8-9-16(18)19/h4-9H,1-3,11H2. The number of aromatic nitrogens is 1. The Morgan fingerprint density at radius 2 is 1.89 bits per heavy atom. The molecule has 19 heavy (non-hydrogen) atoms. The molecule has 0 saturated heterocycles. The van der Waals surface area contributed by atoms with Crippen molar-refractivity contribution in [2.45, 2.75) is 25.8 Å². The molecule has 0 fully saturated rings. The molecular weight excluding hydrogens is 236 g/mol. The van der Waals surface area contributed by atoms with Crippen molar-refractivity contribution < 1.29 is 0 Å². The summed E-state index contributed by atoms with van der Waals surface area (Å²) in [4.78, 5) is 12.0. The Labute approximate surface area is 111 Å². The summed E-state index contributed by atoms with van der Waals surface area (Å²) in [6, 6.07) is 13.1. The third kappa shape index (κ3) is 2.17. The summed E-state index contributed by atoms with van der Waals surface area (Å²) in [6.45, 7) is 0.591. The third-order valence-electron chi connectivity index (χ3n) is 3.67. The molecule has 1 aromatic heterocycles. The van der Waals surface area contributed by atoms with Crippen molar-refractivity contribution in [1.82, 2.24) is 4.57 Å². The SMILES string of the molecule is N#Cc1ccc(Cn2c3c(ccc2=O)CCC3)cc1. The number of fused-ring (bicyclic) bond motifs is 1. The topological polar surface area (TPSA) is 45.8 Å². The number of nitriles is 1. The first-order valence-corrected chi connectivity index (χ1v) is 6.48. The van der Waals surface area contributed by atoms with Gasteiger partial charge >= 0.3 is 0 Å². The van der Waals surface area contributed by atoms with Crippen molar-refractivity contribution >= 4 is 0 Å². The second-order valence-electron chi connectivity index (χ2n) is 4.89. The fourth-order valence-corrected chi connectivity index (χ4v) is 2.67. The first-order chi connectivity index (χ1) is 9.28. The number of pyridine rings is 1. The molecule has 0 spiro atoms. The molecule has 0 unspecified atom stereocenters. The molecule has 94 valence electrons. The van der Waals surface area contributed by atoms with Gasteiger partial charge in [0, 0.05) is 11.8 Å². The predicted molar refractivity (Wildman–Crippen MR) is 73.0 cm³/mol. The molecule has 3 rings (SSSR count). The van der Waals surface area contributed by atoms with Crippen molar-refractivity contribution in [3.05, 3.63) is 69.1 Å². The van der Waals surface area contributed by atoms with Gasteiger partial charge in [-0.2, -0.15) is 5.26 Å². The molecule has 0 atom stereocenters. The second-order valence-corrected chi connectivity index (χ2v) is 4.89. The van der Waals surface area contributed by atoms with E-state index in [2.05, 4.69) is 6.07 Å². The van der Waals surface area contributed by atoms with Crippen molar-refractivity contribution in [1.29, 1.82) is 5.26 Å². The van der Waals surface area contributed by atoms with Crippen LogP contribution in [0.5, 0.6) is 0 Å². The minimum atomic E-state index is 0.0602. The number of nitrogens with zero attached hydrogens (tertiary/aromatic N) is 2. The Bertz CT molecular complexity index is 705. The fraction of sp³-hybridized carbons (Fsp3) is 0.250. The van der Waals surface area contributed by atoms with Gasteiger partial charge in [-0.3, -0.25) is 4.79 Å². The average Bonchev–Trinajstić information content (AvgIpc) is 2.91. The number of hydrogen-bond donors (Lipinski definition) is 0. The zero-order chi connectivity index (χ0) is 13.2. The van der Waals surface area contributed by atoms with E-state index in [1.165, 1.54) is 11.3 Å². The van der Waals surface area contributed by atoms with E-state index in [0.717, 1.165) is 24.8 Å². The smallest absolute Gasteiger partial charge is 0.251 e. The zero-order valence-electron chi connectivity index (χ0n) is 10.6. The van der Waals surface area contributed by atoms with E-state index in [1.54, 1.807) is 18.2 Å². The van der Waals surface area contributed by atoms with Crippen LogP contribution < -0.4 is 5.56 Å². The summed E-state index contributed by atoms with van der Waals surface area (Å²) in [7, 11) is 0. The lowest BCUT2D eigenvalue weighted by molar-refractivity contribution is 0.707. The Kier molecular flexibility index (Phi) is 2.92.